The first-order chi connectivity index (χ1) is 8.25. The highest BCUT2D eigenvalue weighted by Crippen LogP contribution is 2.20. The zero-order valence-electron chi connectivity index (χ0n) is 9.22. The van der Waals surface area contributed by atoms with Gasteiger partial charge in [-0.3, -0.25) is 14.6 Å². The third-order valence-corrected chi connectivity index (χ3v) is 2.39. The third-order valence-electron chi connectivity index (χ3n) is 2.39. The zero-order valence-corrected chi connectivity index (χ0v) is 9.22. The van der Waals surface area contributed by atoms with E-state index in [-0.39, 0.29) is 11.7 Å². The molecule has 0 bridgehead atoms. The van der Waals surface area contributed by atoms with Gasteiger partial charge in [-0.25, -0.2) is 0 Å². The van der Waals surface area contributed by atoms with Gasteiger partial charge in [0.15, 0.2) is 5.78 Å². The molecule has 1 aromatic rings. The fraction of sp³-hybridized carbons (Fsp3) is 0.154. The molecule has 2 aliphatic heterocycles. The summed E-state index contributed by atoms with van der Waals surface area (Å²) in [4.78, 5) is 24.8. The molecule has 0 radical (unpaired) electrons. The number of allylic oxidation sites excluding steroid dienone is 1. The molecule has 0 unspecified atom stereocenters. The number of carbonyl (C=O) groups excluding carboxylic acids is 2. The molecule has 2 aliphatic rings. The minimum Gasteiger partial charge on any atom is -0.326 e. The minimum absolute atomic E-state index is 0.0983. The first kappa shape index (κ1) is 11.3. The number of ketones is 1. The number of benzene rings is 1. The average Bonchev–Trinajstić information content (AvgIpc) is 2.71. The maximum atomic E-state index is 10.8. The number of amides is 1. The predicted octanol–water partition coefficient (Wildman–Crippen LogP) is 1.72. The van der Waals surface area contributed by atoms with E-state index >= 15 is 0 Å². The van der Waals surface area contributed by atoms with Gasteiger partial charge in [-0.15, -0.1) is 0 Å². The smallest absolute Gasteiger partial charge is 0.228 e. The Balaban J connectivity index is 0.000000136. The second kappa shape index (κ2) is 5.21. The monoisotopic (exact) mass is 228 g/mol. The first-order valence-corrected chi connectivity index (χ1v) is 5.34. The number of hydrogen-bond donors (Lipinski definition) is 1. The van der Waals surface area contributed by atoms with E-state index in [1.807, 2.05) is 24.3 Å². The number of nitrogens with zero attached hydrogens (tertiary/aromatic N) is 1. The Morgan fingerprint density at radius 3 is 2.59 bits per heavy atom. The lowest BCUT2D eigenvalue weighted by molar-refractivity contribution is -0.115. The van der Waals surface area contributed by atoms with Gasteiger partial charge in [-0.1, -0.05) is 18.2 Å². The van der Waals surface area contributed by atoms with Crippen molar-refractivity contribution in [2.24, 2.45) is 4.99 Å². The first-order valence-electron chi connectivity index (χ1n) is 5.34. The number of fused-ring (bicyclic) bond motifs is 1. The largest absolute Gasteiger partial charge is 0.326 e. The van der Waals surface area contributed by atoms with Crippen LogP contribution in [0, 0.1) is 0 Å². The van der Waals surface area contributed by atoms with E-state index in [9.17, 15) is 9.59 Å². The number of para-hydroxylation sites is 1. The number of rotatable bonds is 0. The second-order valence-electron chi connectivity index (χ2n) is 3.70. The lowest BCUT2D eigenvalue weighted by Crippen LogP contribution is -2.03. The van der Waals surface area contributed by atoms with Crippen LogP contribution < -0.4 is 5.32 Å². The average molecular weight is 228 g/mol. The van der Waals surface area contributed by atoms with E-state index in [1.54, 1.807) is 6.21 Å². The summed E-state index contributed by atoms with van der Waals surface area (Å²) in [5.74, 6) is 0.233. The molecule has 4 nitrogen and oxygen atoms in total. The van der Waals surface area contributed by atoms with E-state index in [1.165, 1.54) is 12.3 Å². The van der Waals surface area contributed by atoms with Crippen molar-refractivity contribution in [1.29, 1.82) is 0 Å². The number of hydrogen-bond acceptors (Lipinski definition) is 3. The summed E-state index contributed by atoms with van der Waals surface area (Å²) in [6, 6.07) is 7.75. The summed E-state index contributed by atoms with van der Waals surface area (Å²) in [6.07, 6.45) is 5.58. The van der Waals surface area contributed by atoms with E-state index in [0.717, 1.165) is 11.3 Å². The topological polar surface area (TPSA) is 58.5 Å². The molecule has 0 saturated heterocycles. The number of carbonyl (C=O) groups is 2. The van der Waals surface area contributed by atoms with Crippen LogP contribution in [0.3, 0.4) is 0 Å². The summed E-state index contributed by atoms with van der Waals surface area (Å²) in [7, 11) is 0. The van der Waals surface area contributed by atoms with Crippen molar-refractivity contribution in [3.63, 3.8) is 0 Å². The Morgan fingerprint density at radius 2 is 2.00 bits per heavy atom. The summed E-state index contributed by atoms with van der Waals surface area (Å²) in [5, 5.41) is 2.76. The van der Waals surface area contributed by atoms with Gasteiger partial charge in [-0.2, -0.15) is 0 Å². The standard InChI is InChI=1S/C8H7NO.C5H5NO/c10-8-5-6-3-1-2-4-7(6)9-8;7-5-1-3-6-4-2-5/h1-4H,5H2,(H,9,10);1,3-4H,2H2. The Labute approximate surface area is 99.1 Å². The van der Waals surface area contributed by atoms with Crippen LogP contribution in [0.25, 0.3) is 0 Å². The van der Waals surface area contributed by atoms with Gasteiger partial charge in [0.05, 0.1) is 6.42 Å². The van der Waals surface area contributed by atoms with Gasteiger partial charge in [-0.05, 0) is 17.7 Å². The van der Waals surface area contributed by atoms with Gasteiger partial charge in [0.25, 0.3) is 0 Å². The second-order valence-corrected chi connectivity index (χ2v) is 3.70. The fourth-order valence-corrected chi connectivity index (χ4v) is 1.56. The van der Waals surface area contributed by atoms with Gasteiger partial charge >= 0.3 is 0 Å². The van der Waals surface area contributed by atoms with Crippen LogP contribution in [0.2, 0.25) is 0 Å². The lowest BCUT2D eigenvalue weighted by atomic mass is 10.2. The van der Waals surface area contributed by atoms with Crippen LogP contribution in [0.1, 0.15) is 12.0 Å². The summed E-state index contributed by atoms with van der Waals surface area (Å²) in [5.41, 5.74) is 2.07. The lowest BCUT2D eigenvalue weighted by Gasteiger charge is -1.93. The molecule has 0 spiro atoms. The highest BCUT2D eigenvalue weighted by Gasteiger charge is 2.15. The Bertz CT molecular complexity index is 477. The molecule has 0 aromatic heterocycles. The molecule has 1 aromatic carbocycles. The van der Waals surface area contributed by atoms with Crippen LogP contribution >= 0.6 is 0 Å². The normalized spacial score (nSPS) is 16.0. The highest BCUT2D eigenvalue weighted by atomic mass is 16.1. The van der Waals surface area contributed by atoms with Crippen molar-refractivity contribution < 1.29 is 9.59 Å². The third kappa shape index (κ3) is 3.11. The van der Waals surface area contributed by atoms with E-state index < -0.39 is 0 Å². The zero-order chi connectivity index (χ0) is 12.1. The SMILES string of the molecule is O=C1C=CN=CC1.O=C1Cc2ccccc2N1. The fourth-order valence-electron chi connectivity index (χ4n) is 1.56. The molecular weight excluding hydrogens is 216 g/mol. The molecule has 3 rings (SSSR count). The van der Waals surface area contributed by atoms with E-state index in [0.29, 0.717) is 12.8 Å². The quantitative estimate of drug-likeness (QED) is 0.735. The maximum absolute atomic E-state index is 10.8. The van der Waals surface area contributed by atoms with Gasteiger partial charge < -0.3 is 5.32 Å². The van der Waals surface area contributed by atoms with Crippen molar-refractivity contribution in [3.8, 4) is 0 Å². The van der Waals surface area contributed by atoms with Crippen molar-refractivity contribution in [2.45, 2.75) is 12.8 Å². The summed E-state index contributed by atoms with van der Waals surface area (Å²) < 4.78 is 0. The Morgan fingerprint density at radius 1 is 1.18 bits per heavy atom. The van der Waals surface area contributed by atoms with E-state index in [4.69, 9.17) is 0 Å². The number of anilines is 1. The van der Waals surface area contributed by atoms with Crippen molar-refractivity contribution in [2.75, 3.05) is 5.32 Å². The highest BCUT2D eigenvalue weighted by molar-refractivity contribution is 6.00. The van der Waals surface area contributed by atoms with Crippen LogP contribution in [0.4, 0.5) is 5.69 Å². The van der Waals surface area contributed by atoms with Crippen LogP contribution in [0.15, 0.2) is 41.5 Å². The molecule has 86 valence electrons. The molecule has 0 aliphatic carbocycles. The number of nitrogens with one attached hydrogen (secondary N) is 1. The molecule has 0 atom stereocenters. The Kier molecular flexibility index (Phi) is 3.45. The van der Waals surface area contributed by atoms with E-state index in [2.05, 4.69) is 10.3 Å². The van der Waals surface area contributed by atoms with Crippen LogP contribution in [-0.4, -0.2) is 17.9 Å². The number of aliphatic imine (C=N–C) groups is 1. The van der Waals surface area contributed by atoms with Crippen LogP contribution in [0.5, 0.6) is 0 Å². The maximum Gasteiger partial charge on any atom is 0.228 e. The van der Waals surface area contributed by atoms with Gasteiger partial charge in [0, 0.05) is 24.5 Å². The summed E-state index contributed by atoms with van der Waals surface area (Å²) in [6.45, 7) is 0. The van der Waals surface area contributed by atoms with Crippen molar-refractivity contribution in [3.05, 3.63) is 42.1 Å². The molecule has 0 fully saturated rings. The molecule has 17 heavy (non-hydrogen) atoms. The Hall–Kier alpha value is -2.23. The summed E-state index contributed by atoms with van der Waals surface area (Å²) >= 11 is 0. The van der Waals surface area contributed by atoms with Gasteiger partial charge in [0.2, 0.25) is 5.91 Å². The predicted molar refractivity (Wildman–Crippen MR) is 66.0 cm³/mol. The molecule has 0 saturated carbocycles. The molecular formula is C13H12N2O2. The van der Waals surface area contributed by atoms with Crippen molar-refractivity contribution >= 4 is 23.6 Å². The van der Waals surface area contributed by atoms with Crippen molar-refractivity contribution in [1.82, 2.24) is 0 Å². The molecule has 1 amide bonds. The minimum atomic E-state index is 0.0983. The van der Waals surface area contributed by atoms with Gasteiger partial charge in [0.1, 0.15) is 0 Å². The molecule has 2 heterocycles. The van der Waals surface area contributed by atoms with Crippen LogP contribution in [-0.2, 0) is 16.0 Å². The molecule has 4 heteroatoms. The molecule has 1 N–H and O–H groups in total.